The largest absolute Gasteiger partial charge is 0.385 e. The molecule has 2 amide bonds. The number of hydrogen-bond acceptors (Lipinski definition) is 3. The van der Waals surface area contributed by atoms with Crippen LogP contribution < -0.4 is 5.73 Å². The van der Waals surface area contributed by atoms with Gasteiger partial charge < -0.3 is 10.6 Å². The van der Waals surface area contributed by atoms with Gasteiger partial charge in [-0.2, -0.15) is 4.99 Å². The van der Waals surface area contributed by atoms with Crippen LogP contribution in [0.1, 0.15) is 21.4 Å². The third kappa shape index (κ3) is 2.32. The normalized spacial score (nSPS) is 18.4. The number of amidine groups is 1. The molecule has 1 aliphatic heterocycles. The van der Waals surface area contributed by atoms with E-state index in [4.69, 9.17) is 5.73 Å². The zero-order chi connectivity index (χ0) is 14.1. The van der Waals surface area contributed by atoms with Crippen molar-refractivity contribution < 1.29 is 4.79 Å². The molecule has 1 aromatic carbocycles. The molecule has 0 fully saturated rings. The molecule has 0 radical (unpaired) electrons. The molecule has 102 valence electrons. The van der Waals surface area contributed by atoms with Crippen molar-refractivity contribution in [3.05, 3.63) is 57.8 Å². The van der Waals surface area contributed by atoms with Gasteiger partial charge in [0.15, 0.2) is 0 Å². The first kappa shape index (κ1) is 12.9. The van der Waals surface area contributed by atoms with Crippen molar-refractivity contribution in [2.24, 2.45) is 10.7 Å². The predicted octanol–water partition coefficient (Wildman–Crippen LogP) is 3.09. The Kier molecular flexibility index (Phi) is 3.28. The zero-order valence-corrected chi connectivity index (χ0v) is 11.9. The van der Waals surface area contributed by atoms with Gasteiger partial charge in [-0.3, -0.25) is 0 Å². The molecular formula is C15H15N3OS. The van der Waals surface area contributed by atoms with Crippen molar-refractivity contribution >= 4 is 23.2 Å². The molecule has 5 heteroatoms. The van der Waals surface area contributed by atoms with E-state index in [9.17, 15) is 4.79 Å². The van der Waals surface area contributed by atoms with Crippen molar-refractivity contribution in [1.82, 2.24) is 4.90 Å². The fourth-order valence-corrected chi connectivity index (χ4v) is 3.35. The van der Waals surface area contributed by atoms with Crippen molar-refractivity contribution in [3.63, 3.8) is 0 Å². The second kappa shape index (κ2) is 5.09. The molecule has 4 nitrogen and oxygen atoms in total. The van der Waals surface area contributed by atoms with E-state index in [2.05, 4.69) is 4.99 Å². The summed E-state index contributed by atoms with van der Waals surface area (Å²) in [6.45, 7) is 2.56. The standard InChI is InChI=1S/C15H15N3OS/c1-10-7-8-12(20-10)13-14(16)17-15(19)18(13)9-11-5-3-2-4-6-11/h2-8,13H,9H2,1H3,(H2,16,17,19). The van der Waals surface area contributed by atoms with Crippen LogP contribution in [0, 0.1) is 6.92 Å². The number of amides is 2. The summed E-state index contributed by atoms with van der Waals surface area (Å²) in [5, 5.41) is 0. The number of hydrogen-bond donors (Lipinski definition) is 1. The second-order valence-corrected chi connectivity index (χ2v) is 6.10. The van der Waals surface area contributed by atoms with E-state index in [1.165, 1.54) is 4.88 Å². The topological polar surface area (TPSA) is 58.7 Å². The number of thiophene rings is 1. The van der Waals surface area contributed by atoms with Crippen molar-refractivity contribution in [2.75, 3.05) is 0 Å². The van der Waals surface area contributed by atoms with Gasteiger partial charge in [-0.25, -0.2) is 4.79 Å². The van der Waals surface area contributed by atoms with E-state index in [0.29, 0.717) is 12.4 Å². The minimum absolute atomic E-state index is 0.235. The Bertz CT molecular complexity index is 663. The predicted molar refractivity (Wildman–Crippen MR) is 80.8 cm³/mol. The molecule has 3 rings (SSSR count). The summed E-state index contributed by atoms with van der Waals surface area (Å²) < 4.78 is 0. The van der Waals surface area contributed by atoms with Gasteiger partial charge in [0, 0.05) is 16.3 Å². The average molecular weight is 285 g/mol. The number of aliphatic imine (C=N–C) groups is 1. The van der Waals surface area contributed by atoms with Crippen LogP contribution in [0.4, 0.5) is 4.79 Å². The van der Waals surface area contributed by atoms with Crippen LogP contribution in [0.3, 0.4) is 0 Å². The molecule has 2 heterocycles. The van der Waals surface area contributed by atoms with Crippen LogP contribution in [-0.4, -0.2) is 16.8 Å². The summed E-state index contributed by atoms with van der Waals surface area (Å²) >= 11 is 1.65. The maximum absolute atomic E-state index is 12.0. The SMILES string of the molecule is Cc1ccc(C2C(N)=NC(=O)N2Cc2ccccc2)s1. The third-order valence-corrected chi connectivity index (χ3v) is 4.34. The smallest absolute Gasteiger partial charge is 0.346 e. The summed E-state index contributed by atoms with van der Waals surface area (Å²) in [5.41, 5.74) is 7.02. The molecule has 0 bridgehead atoms. The van der Waals surface area contributed by atoms with Crippen LogP contribution in [0.5, 0.6) is 0 Å². The highest BCUT2D eigenvalue weighted by molar-refractivity contribution is 7.12. The number of nitrogens with zero attached hydrogens (tertiary/aromatic N) is 2. The van der Waals surface area contributed by atoms with E-state index >= 15 is 0 Å². The molecule has 0 saturated heterocycles. The zero-order valence-electron chi connectivity index (χ0n) is 11.1. The number of urea groups is 1. The summed E-state index contributed by atoms with van der Waals surface area (Å²) in [4.78, 5) is 19.9. The van der Waals surface area contributed by atoms with E-state index in [1.807, 2.05) is 49.4 Å². The molecule has 20 heavy (non-hydrogen) atoms. The number of nitrogens with two attached hydrogens (primary N) is 1. The van der Waals surface area contributed by atoms with E-state index < -0.39 is 0 Å². The molecule has 0 aliphatic carbocycles. The molecule has 2 aromatic rings. The van der Waals surface area contributed by atoms with E-state index in [-0.39, 0.29) is 12.1 Å². The lowest BCUT2D eigenvalue weighted by Crippen LogP contribution is -2.32. The molecule has 0 saturated carbocycles. The monoisotopic (exact) mass is 285 g/mol. The first-order valence-electron chi connectivity index (χ1n) is 6.40. The Morgan fingerprint density at radius 2 is 2.00 bits per heavy atom. The van der Waals surface area contributed by atoms with Crippen molar-refractivity contribution in [2.45, 2.75) is 19.5 Å². The molecule has 1 aliphatic rings. The van der Waals surface area contributed by atoms with Gasteiger partial charge in [-0.1, -0.05) is 30.3 Å². The quantitative estimate of drug-likeness (QED) is 0.942. The lowest BCUT2D eigenvalue weighted by Gasteiger charge is -2.23. The minimum atomic E-state index is -0.262. The molecule has 2 N–H and O–H groups in total. The number of carbonyl (C=O) groups is 1. The maximum atomic E-state index is 12.0. The molecule has 1 aromatic heterocycles. The van der Waals surface area contributed by atoms with Crippen molar-refractivity contribution in [1.29, 1.82) is 0 Å². The van der Waals surface area contributed by atoms with Crippen LogP contribution >= 0.6 is 11.3 Å². The van der Waals surface area contributed by atoms with Gasteiger partial charge in [0.2, 0.25) is 0 Å². The lowest BCUT2D eigenvalue weighted by atomic mass is 10.1. The summed E-state index contributed by atoms with van der Waals surface area (Å²) in [6, 6.07) is 13.4. The van der Waals surface area contributed by atoms with Gasteiger partial charge in [0.1, 0.15) is 11.9 Å². The molecule has 1 unspecified atom stereocenters. The fourth-order valence-electron chi connectivity index (χ4n) is 2.34. The fraction of sp³-hybridized carbons (Fsp3) is 0.200. The average Bonchev–Trinajstić information content (AvgIpc) is 2.95. The second-order valence-electron chi connectivity index (χ2n) is 4.78. The summed E-state index contributed by atoms with van der Waals surface area (Å²) in [7, 11) is 0. The molecule has 1 atom stereocenters. The minimum Gasteiger partial charge on any atom is -0.385 e. The van der Waals surface area contributed by atoms with E-state index in [0.717, 1.165) is 10.4 Å². The number of benzene rings is 1. The first-order valence-corrected chi connectivity index (χ1v) is 7.22. The van der Waals surface area contributed by atoms with Crippen molar-refractivity contribution in [3.8, 4) is 0 Å². The van der Waals surface area contributed by atoms with Crippen LogP contribution in [0.15, 0.2) is 47.5 Å². The number of rotatable bonds is 3. The van der Waals surface area contributed by atoms with Gasteiger partial charge in [-0.15, -0.1) is 11.3 Å². The van der Waals surface area contributed by atoms with Crippen LogP contribution in [0.2, 0.25) is 0 Å². The molecular weight excluding hydrogens is 270 g/mol. The first-order chi connectivity index (χ1) is 9.65. The Hall–Kier alpha value is -2.14. The third-order valence-electron chi connectivity index (χ3n) is 3.29. The highest BCUT2D eigenvalue weighted by Gasteiger charge is 2.35. The summed E-state index contributed by atoms with van der Waals surface area (Å²) in [5.74, 6) is 0.382. The number of carbonyl (C=O) groups excluding carboxylic acids is 1. The lowest BCUT2D eigenvalue weighted by molar-refractivity contribution is 0.204. The molecule has 0 spiro atoms. The summed E-state index contributed by atoms with van der Waals surface area (Å²) in [6.07, 6.45) is 0. The Labute approximate surface area is 121 Å². The highest BCUT2D eigenvalue weighted by Crippen LogP contribution is 2.32. The van der Waals surface area contributed by atoms with E-state index in [1.54, 1.807) is 16.2 Å². The number of aryl methyl sites for hydroxylation is 1. The van der Waals surface area contributed by atoms with Gasteiger partial charge in [0.25, 0.3) is 0 Å². The van der Waals surface area contributed by atoms with Gasteiger partial charge in [0.05, 0.1) is 0 Å². The Morgan fingerprint density at radius 3 is 2.65 bits per heavy atom. The van der Waals surface area contributed by atoms with Gasteiger partial charge >= 0.3 is 6.03 Å². The Balaban J connectivity index is 1.90. The maximum Gasteiger partial charge on any atom is 0.346 e. The highest BCUT2D eigenvalue weighted by atomic mass is 32.1. The van der Waals surface area contributed by atoms with Crippen LogP contribution in [-0.2, 0) is 6.54 Å². The van der Waals surface area contributed by atoms with Gasteiger partial charge in [-0.05, 0) is 24.6 Å². The Morgan fingerprint density at radius 1 is 1.25 bits per heavy atom. The van der Waals surface area contributed by atoms with Crippen LogP contribution in [0.25, 0.3) is 0 Å².